The van der Waals surface area contributed by atoms with Crippen molar-refractivity contribution in [2.75, 3.05) is 6.26 Å². The zero-order chi connectivity index (χ0) is 15.9. The summed E-state index contributed by atoms with van der Waals surface area (Å²) in [6.45, 7) is -0.0635. The Morgan fingerprint density at radius 1 is 1.36 bits per heavy atom. The summed E-state index contributed by atoms with van der Waals surface area (Å²) in [5.41, 5.74) is 0.741. The van der Waals surface area contributed by atoms with Gasteiger partial charge in [-0.2, -0.15) is 0 Å². The standard InChI is InChI=1S/C13H15N5O3S/c1-22-10-4-2-9(3-5-10)11(6-13(20)21)15-12(19)7-18-8-14-16-17-18/h2-5,8,11H,6-7H2,1H3,(H,15,19)(H,20,21). The minimum atomic E-state index is -0.985. The van der Waals surface area contributed by atoms with E-state index in [1.54, 1.807) is 11.8 Å². The Kier molecular flexibility index (Phi) is 5.48. The smallest absolute Gasteiger partial charge is 0.305 e. The van der Waals surface area contributed by atoms with Crippen LogP contribution in [0.5, 0.6) is 0 Å². The molecule has 0 aliphatic heterocycles. The molecule has 22 heavy (non-hydrogen) atoms. The first-order valence-corrected chi connectivity index (χ1v) is 7.67. The van der Waals surface area contributed by atoms with Crippen LogP contribution in [0.25, 0.3) is 0 Å². The molecular formula is C13H15N5O3S. The average molecular weight is 321 g/mol. The second-order valence-electron chi connectivity index (χ2n) is 4.50. The van der Waals surface area contributed by atoms with Crippen molar-refractivity contribution in [3.63, 3.8) is 0 Å². The van der Waals surface area contributed by atoms with Gasteiger partial charge in [-0.25, -0.2) is 4.68 Å². The number of thioether (sulfide) groups is 1. The van der Waals surface area contributed by atoms with Crippen molar-refractivity contribution < 1.29 is 14.7 Å². The summed E-state index contributed by atoms with van der Waals surface area (Å²) < 4.78 is 1.27. The first-order chi connectivity index (χ1) is 10.6. The summed E-state index contributed by atoms with van der Waals surface area (Å²) >= 11 is 1.59. The number of aliphatic carboxylic acids is 1. The number of carbonyl (C=O) groups excluding carboxylic acids is 1. The van der Waals surface area contributed by atoms with Crippen molar-refractivity contribution in [2.24, 2.45) is 0 Å². The fourth-order valence-electron chi connectivity index (χ4n) is 1.90. The maximum Gasteiger partial charge on any atom is 0.305 e. The molecule has 0 spiro atoms. The summed E-state index contributed by atoms with van der Waals surface area (Å²) in [5.74, 6) is -1.34. The number of benzene rings is 1. The predicted molar refractivity (Wildman–Crippen MR) is 79.2 cm³/mol. The third kappa shape index (κ3) is 4.55. The molecule has 1 amide bonds. The largest absolute Gasteiger partial charge is 0.481 e. The minimum absolute atomic E-state index is 0.0635. The van der Waals surface area contributed by atoms with Crippen LogP contribution in [-0.2, 0) is 16.1 Å². The van der Waals surface area contributed by atoms with Gasteiger partial charge >= 0.3 is 5.97 Å². The molecule has 0 fully saturated rings. The van der Waals surface area contributed by atoms with Crippen molar-refractivity contribution in [2.45, 2.75) is 23.9 Å². The minimum Gasteiger partial charge on any atom is -0.481 e. The highest BCUT2D eigenvalue weighted by molar-refractivity contribution is 7.98. The summed E-state index contributed by atoms with van der Waals surface area (Å²) in [7, 11) is 0. The number of aromatic nitrogens is 4. The molecule has 0 radical (unpaired) electrons. The number of hydrogen-bond acceptors (Lipinski definition) is 6. The molecule has 0 aliphatic rings. The van der Waals surface area contributed by atoms with Crippen molar-refractivity contribution in [3.05, 3.63) is 36.2 Å². The van der Waals surface area contributed by atoms with E-state index in [9.17, 15) is 9.59 Å². The van der Waals surface area contributed by atoms with Crippen LogP contribution in [0.3, 0.4) is 0 Å². The number of amides is 1. The molecule has 1 aromatic heterocycles. The van der Waals surface area contributed by atoms with Crippen molar-refractivity contribution >= 4 is 23.6 Å². The lowest BCUT2D eigenvalue weighted by molar-refractivity contribution is -0.137. The average Bonchev–Trinajstić information content (AvgIpc) is 2.99. The third-order valence-electron chi connectivity index (χ3n) is 2.93. The Bertz CT molecular complexity index is 630. The molecule has 0 bridgehead atoms. The molecule has 2 N–H and O–H groups in total. The maximum absolute atomic E-state index is 12.0. The van der Waals surface area contributed by atoms with Crippen LogP contribution in [0.15, 0.2) is 35.5 Å². The first-order valence-electron chi connectivity index (χ1n) is 6.44. The highest BCUT2D eigenvalue weighted by atomic mass is 32.2. The Morgan fingerprint density at radius 2 is 2.09 bits per heavy atom. The quantitative estimate of drug-likeness (QED) is 0.723. The van der Waals surface area contributed by atoms with E-state index in [1.165, 1.54) is 11.0 Å². The van der Waals surface area contributed by atoms with Gasteiger partial charge < -0.3 is 10.4 Å². The first kappa shape index (κ1) is 16.0. The predicted octanol–water partition coefficient (Wildman–Crippen LogP) is 0.727. The lowest BCUT2D eigenvalue weighted by Gasteiger charge is -2.17. The molecular weight excluding hydrogens is 306 g/mol. The molecule has 1 unspecified atom stereocenters. The Labute approximate surface area is 130 Å². The van der Waals surface area contributed by atoms with Crippen LogP contribution in [0, 0.1) is 0 Å². The molecule has 0 aliphatic carbocycles. The van der Waals surface area contributed by atoms with E-state index in [0.717, 1.165) is 10.5 Å². The topological polar surface area (TPSA) is 110 Å². The second kappa shape index (κ2) is 7.55. The van der Waals surface area contributed by atoms with Gasteiger partial charge in [0, 0.05) is 4.90 Å². The second-order valence-corrected chi connectivity index (χ2v) is 5.38. The zero-order valence-corrected chi connectivity index (χ0v) is 12.7. The normalized spacial score (nSPS) is 11.9. The van der Waals surface area contributed by atoms with Gasteiger partial charge in [0.05, 0.1) is 12.5 Å². The number of hydrogen-bond donors (Lipinski definition) is 2. The summed E-state index contributed by atoms with van der Waals surface area (Å²) in [6, 6.07) is 6.82. The zero-order valence-electron chi connectivity index (χ0n) is 11.8. The molecule has 9 heteroatoms. The van der Waals surface area contributed by atoms with Gasteiger partial charge in [0.25, 0.3) is 0 Å². The van der Waals surface area contributed by atoms with E-state index in [4.69, 9.17) is 5.11 Å². The van der Waals surface area contributed by atoms with Crippen molar-refractivity contribution in [3.8, 4) is 0 Å². The van der Waals surface area contributed by atoms with E-state index in [-0.39, 0.29) is 18.9 Å². The van der Waals surface area contributed by atoms with Crippen LogP contribution in [0.1, 0.15) is 18.0 Å². The van der Waals surface area contributed by atoms with Crippen LogP contribution < -0.4 is 5.32 Å². The fraction of sp³-hybridized carbons (Fsp3) is 0.308. The van der Waals surface area contributed by atoms with Gasteiger partial charge in [0.2, 0.25) is 5.91 Å². The number of rotatable bonds is 7. The van der Waals surface area contributed by atoms with E-state index < -0.39 is 12.0 Å². The third-order valence-corrected chi connectivity index (χ3v) is 3.67. The maximum atomic E-state index is 12.0. The number of carbonyl (C=O) groups is 2. The highest BCUT2D eigenvalue weighted by Gasteiger charge is 2.18. The van der Waals surface area contributed by atoms with Gasteiger partial charge in [-0.15, -0.1) is 16.9 Å². The summed E-state index contributed by atoms with van der Waals surface area (Å²) in [6.07, 6.45) is 3.08. The fourth-order valence-corrected chi connectivity index (χ4v) is 2.31. The van der Waals surface area contributed by atoms with E-state index >= 15 is 0 Å². The van der Waals surface area contributed by atoms with E-state index in [2.05, 4.69) is 20.8 Å². The Balaban J connectivity index is 2.07. The molecule has 8 nitrogen and oxygen atoms in total. The van der Waals surface area contributed by atoms with Crippen LogP contribution >= 0.6 is 11.8 Å². The van der Waals surface area contributed by atoms with Gasteiger partial charge in [-0.1, -0.05) is 12.1 Å². The van der Waals surface area contributed by atoms with Gasteiger partial charge in [-0.05, 0) is 34.4 Å². The molecule has 116 valence electrons. The Morgan fingerprint density at radius 3 is 2.64 bits per heavy atom. The molecule has 0 saturated heterocycles. The number of tetrazole rings is 1. The van der Waals surface area contributed by atoms with Gasteiger partial charge in [0.1, 0.15) is 12.9 Å². The van der Waals surface area contributed by atoms with Crippen LogP contribution in [0.2, 0.25) is 0 Å². The molecule has 1 aromatic carbocycles. The lowest BCUT2D eigenvalue weighted by atomic mass is 10.0. The molecule has 0 saturated carbocycles. The number of carboxylic acids is 1. The summed E-state index contributed by atoms with van der Waals surface area (Å²) in [5, 5.41) is 22.2. The molecule has 1 atom stereocenters. The summed E-state index contributed by atoms with van der Waals surface area (Å²) in [4.78, 5) is 24.1. The van der Waals surface area contributed by atoms with E-state index in [1.807, 2.05) is 30.5 Å². The highest BCUT2D eigenvalue weighted by Crippen LogP contribution is 2.21. The molecule has 2 rings (SSSR count). The molecule has 2 aromatic rings. The van der Waals surface area contributed by atoms with Crippen LogP contribution in [-0.4, -0.2) is 43.4 Å². The van der Waals surface area contributed by atoms with E-state index in [0.29, 0.717) is 0 Å². The monoisotopic (exact) mass is 321 g/mol. The van der Waals surface area contributed by atoms with Gasteiger partial charge in [0.15, 0.2) is 0 Å². The molecule has 1 heterocycles. The van der Waals surface area contributed by atoms with Crippen LogP contribution in [0.4, 0.5) is 0 Å². The lowest BCUT2D eigenvalue weighted by Crippen LogP contribution is -2.33. The number of nitrogens with zero attached hydrogens (tertiary/aromatic N) is 4. The van der Waals surface area contributed by atoms with Gasteiger partial charge in [-0.3, -0.25) is 9.59 Å². The Hall–Kier alpha value is -2.42. The number of carboxylic acid groups (broad SMARTS) is 1. The van der Waals surface area contributed by atoms with Crippen molar-refractivity contribution in [1.29, 1.82) is 0 Å². The van der Waals surface area contributed by atoms with Crippen molar-refractivity contribution in [1.82, 2.24) is 25.5 Å². The number of nitrogens with one attached hydrogen (secondary N) is 1. The SMILES string of the molecule is CSc1ccc(C(CC(=O)O)NC(=O)Cn2cnnn2)cc1.